The second kappa shape index (κ2) is 7.30. The minimum absolute atomic E-state index is 0.104. The maximum atomic E-state index is 13.0. The van der Waals surface area contributed by atoms with Crippen LogP contribution in [0.25, 0.3) is 10.9 Å². The fraction of sp³-hybridized carbons (Fsp3) is 0.300. The van der Waals surface area contributed by atoms with Crippen LogP contribution in [-0.2, 0) is 9.59 Å². The number of anilines is 2. The van der Waals surface area contributed by atoms with E-state index in [1.165, 1.54) is 12.4 Å². The molecule has 4 rings (SSSR count). The summed E-state index contributed by atoms with van der Waals surface area (Å²) in [6.45, 7) is 2.64. The summed E-state index contributed by atoms with van der Waals surface area (Å²) in [6.07, 6.45) is 4.81. The number of nitrogens with two attached hydrogens (primary N) is 1. The Bertz CT molecular complexity index is 1020. The van der Waals surface area contributed by atoms with Gasteiger partial charge in [-0.3, -0.25) is 14.7 Å². The molecule has 8 nitrogen and oxygen atoms in total. The first-order chi connectivity index (χ1) is 13.5. The second-order valence-corrected chi connectivity index (χ2v) is 7.24. The molecule has 3 heterocycles. The van der Waals surface area contributed by atoms with Crippen LogP contribution >= 0.6 is 0 Å². The van der Waals surface area contributed by atoms with E-state index in [2.05, 4.69) is 27.4 Å². The number of nitrogen functional groups attached to an aromatic ring is 1. The van der Waals surface area contributed by atoms with E-state index in [1.54, 1.807) is 4.90 Å². The number of hydrogen-bond donors (Lipinski definition) is 3. The summed E-state index contributed by atoms with van der Waals surface area (Å²) in [5.41, 5.74) is 7.78. The van der Waals surface area contributed by atoms with Crippen molar-refractivity contribution in [1.29, 1.82) is 0 Å². The third-order valence-electron chi connectivity index (χ3n) is 5.22. The van der Waals surface area contributed by atoms with Crippen LogP contribution in [0.15, 0.2) is 42.7 Å². The number of fused-ring (bicyclic) bond motifs is 1. The number of piperidine rings is 1. The number of aromatic nitrogens is 3. The second-order valence-electron chi connectivity index (χ2n) is 7.24. The van der Waals surface area contributed by atoms with Crippen LogP contribution in [0.1, 0.15) is 31.4 Å². The Hall–Kier alpha value is -3.42. The number of amides is 2. The molecule has 4 N–H and O–H groups in total. The number of carbonyl (C=O) groups excluding carboxylic acids is 2. The number of pyridine rings is 1. The minimum atomic E-state index is -0.697. The monoisotopic (exact) mass is 378 g/mol. The molecule has 0 saturated carbocycles. The van der Waals surface area contributed by atoms with Crippen molar-refractivity contribution in [1.82, 2.24) is 20.1 Å². The Labute approximate surface area is 162 Å². The minimum Gasteiger partial charge on any atom is -0.383 e. The normalized spacial score (nSPS) is 19.5. The zero-order chi connectivity index (χ0) is 19.7. The van der Waals surface area contributed by atoms with Crippen LogP contribution in [-0.4, -0.2) is 38.4 Å². The molecule has 1 saturated heterocycles. The van der Waals surface area contributed by atoms with Crippen molar-refractivity contribution in [2.24, 2.45) is 5.92 Å². The summed E-state index contributed by atoms with van der Waals surface area (Å²) >= 11 is 0. The lowest BCUT2D eigenvalue weighted by Crippen LogP contribution is -2.46. The van der Waals surface area contributed by atoms with Gasteiger partial charge in [-0.1, -0.05) is 37.3 Å². The molecule has 2 atom stereocenters. The van der Waals surface area contributed by atoms with Gasteiger partial charge in [-0.15, -0.1) is 0 Å². The van der Waals surface area contributed by atoms with E-state index in [4.69, 9.17) is 5.73 Å². The van der Waals surface area contributed by atoms with Gasteiger partial charge in [-0.2, -0.15) is 5.10 Å². The van der Waals surface area contributed by atoms with E-state index in [0.717, 1.165) is 18.4 Å². The maximum absolute atomic E-state index is 13.0. The van der Waals surface area contributed by atoms with Crippen LogP contribution < -0.4 is 11.1 Å². The molecule has 0 spiro atoms. The predicted octanol–water partition coefficient (Wildman–Crippen LogP) is 2.48. The van der Waals surface area contributed by atoms with Gasteiger partial charge in [0, 0.05) is 6.54 Å². The SMILES string of the molecule is C[C@H]1CC[C@H](c2ccccc2)N(C(=O)C(=O)Nc2cnc(N)c3cn[nH]c23)C1. The Morgan fingerprint density at radius 1 is 1.21 bits per heavy atom. The fourth-order valence-corrected chi connectivity index (χ4v) is 3.75. The Morgan fingerprint density at radius 3 is 2.79 bits per heavy atom. The first-order valence-electron chi connectivity index (χ1n) is 9.29. The molecule has 0 radical (unpaired) electrons. The van der Waals surface area contributed by atoms with E-state index < -0.39 is 11.8 Å². The summed E-state index contributed by atoms with van der Waals surface area (Å²) in [7, 11) is 0. The van der Waals surface area contributed by atoms with Crippen molar-refractivity contribution >= 4 is 34.2 Å². The van der Waals surface area contributed by atoms with Gasteiger partial charge in [-0.25, -0.2) is 4.98 Å². The molecule has 1 aromatic carbocycles. The van der Waals surface area contributed by atoms with Gasteiger partial charge in [0.15, 0.2) is 0 Å². The Kier molecular flexibility index (Phi) is 4.68. The van der Waals surface area contributed by atoms with Crippen molar-refractivity contribution in [3.8, 4) is 0 Å². The van der Waals surface area contributed by atoms with Crippen LogP contribution in [0.5, 0.6) is 0 Å². The summed E-state index contributed by atoms with van der Waals surface area (Å²) < 4.78 is 0. The summed E-state index contributed by atoms with van der Waals surface area (Å²) in [4.78, 5) is 31.5. The highest BCUT2D eigenvalue weighted by Crippen LogP contribution is 2.33. The molecule has 8 heteroatoms. The first kappa shape index (κ1) is 18.0. The maximum Gasteiger partial charge on any atom is 0.314 e. The molecule has 3 aromatic rings. The standard InChI is InChI=1S/C20H22N6O2/c1-12-7-8-16(13-5-3-2-4-6-13)26(11-12)20(28)19(27)24-15-10-22-18(21)14-9-23-25-17(14)15/h2-6,9-10,12,16H,7-8,11H2,1H3,(H2,21,22)(H,23,25)(H,24,27)/t12-,16+/m0/s1. The number of nitrogens with one attached hydrogen (secondary N) is 2. The van der Waals surface area contributed by atoms with E-state index >= 15 is 0 Å². The number of rotatable bonds is 2. The largest absolute Gasteiger partial charge is 0.383 e. The molecule has 1 aliphatic heterocycles. The smallest absolute Gasteiger partial charge is 0.314 e. The number of carbonyl (C=O) groups is 2. The highest BCUT2D eigenvalue weighted by atomic mass is 16.2. The van der Waals surface area contributed by atoms with Gasteiger partial charge in [0.05, 0.1) is 35.0 Å². The number of nitrogens with zero attached hydrogens (tertiary/aromatic N) is 3. The van der Waals surface area contributed by atoms with E-state index in [1.807, 2.05) is 30.3 Å². The molecule has 0 aliphatic carbocycles. The van der Waals surface area contributed by atoms with Crippen LogP contribution in [0.3, 0.4) is 0 Å². The molecule has 1 aliphatic rings. The predicted molar refractivity (Wildman–Crippen MR) is 106 cm³/mol. The van der Waals surface area contributed by atoms with Crippen molar-refractivity contribution in [3.05, 3.63) is 48.3 Å². The lowest BCUT2D eigenvalue weighted by atomic mass is 9.90. The van der Waals surface area contributed by atoms with Gasteiger partial charge in [-0.05, 0) is 24.3 Å². The molecule has 0 bridgehead atoms. The quantitative estimate of drug-likeness (QED) is 0.592. The lowest BCUT2D eigenvalue weighted by Gasteiger charge is -2.38. The highest BCUT2D eigenvalue weighted by Gasteiger charge is 2.34. The van der Waals surface area contributed by atoms with Crippen LogP contribution in [0, 0.1) is 5.92 Å². The van der Waals surface area contributed by atoms with Crippen LogP contribution in [0.2, 0.25) is 0 Å². The molecular formula is C20H22N6O2. The van der Waals surface area contributed by atoms with Crippen molar-refractivity contribution in [2.45, 2.75) is 25.8 Å². The van der Waals surface area contributed by atoms with Gasteiger partial charge >= 0.3 is 11.8 Å². The van der Waals surface area contributed by atoms with Gasteiger partial charge in [0.2, 0.25) is 0 Å². The third-order valence-corrected chi connectivity index (χ3v) is 5.22. The zero-order valence-corrected chi connectivity index (χ0v) is 15.6. The molecule has 144 valence electrons. The molecule has 28 heavy (non-hydrogen) atoms. The van der Waals surface area contributed by atoms with Gasteiger partial charge in [0.25, 0.3) is 0 Å². The highest BCUT2D eigenvalue weighted by molar-refractivity contribution is 6.40. The van der Waals surface area contributed by atoms with Gasteiger partial charge < -0.3 is 16.0 Å². The summed E-state index contributed by atoms with van der Waals surface area (Å²) in [6, 6.07) is 9.73. The number of benzene rings is 1. The van der Waals surface area contributed by atoms with Crippen molar-refractivity contribution in [2.75, 3.05) is 17.6 Å². The summed E-state index contributed by atoms with van der Waals surface area (Å²) in [5.74, 6) is -0.598. The Balaban J connectivity index is 1.58. The number of H-pyrrole nitrogens is 1. The van der Waals surface area contributed by atoms with Crippen molar-refractivity contribution < 1.29 is 9.59 Å². The first-order valence-corrected chi connectivity index (χ1v) is 9.29. The third kappa shape index (κ3) is 3.28. The zero-order valence-electron chi connectivity index (χ0n) is 15.6. The average Bonchev–Trinajstić information content (AvgIpc) is 3.21. The van der Waals surface area contributed by atoms with Crippen LogP contribution in [0.4, 0.5) is 11.5 Å². The van der Waals surface area contributed by atoms with Crippen molar-refractivity contribution in [3.63, 3.8) is 0 Å². The van der Waals surface area contributed by atoms with Gasteiger partial charge in [0.1, 0.15) is 5.82 Å². The molecule has 2 aromatic heterocycles. The van der Waals surface area contributed by atoms with E-state index in [9.17, 15) is 9.59 Å². The molecule has 1 fully saturated rings. The summed E-state index contributed by atoms with van der Waals surface area (Å²) in [5, 5.41) is 9.98. The number of likely N-dealkylation sites (tertiary alicyclic amines) is 1. The van der Waals surface area contributed by atoms with E-state index in [-0.39, 0.29) is 6.04 Å². The fourth-order valence-electron chi connectivity index (χ4n) is 3.75. The topological polar surface area (TPSA) is 117 Å². The molecule has 0 unspecified atom stereocenters. The molecular weight excluding hydrogens is 356 g/mol. The Morgan fingerprint density at radius 2 is 2.00 bits per heavy atom. The lowest BCUT2D eigenvalue weighted by molar-refractivity contribution is -0.146. The molecule has 2 amide bonds. The average molecular weight is 378 g/mol. The van der Waals surface area contributed by atoms with E-state index in [0.29, 0.717) is 34.9 Å². The number of aromatic amines is 1. The number of hydrogen-bond acceptors (Lipinski definition) is 5.